The molecule has 0 N–H and O–H groups in total. The maximum Gasteiger partial charge on any atom is 0.143 e. The van der Waals surface area contributed by atoms with Crippen molar-refractivity contribution in [3.05, 3.63) is 11.6 Å². The number of halogens is 1. The average Bonchev–Trinajstić information content (AvgIpc) is 2.60. The van der Waals surface area contributed by atoms with Gasteiger partial charge in [-0.25, -0.2) is 0 Å². The Kier molecular flexibility index (Phi) is 5.91. The first-order chi connectivity index (χ1) is 7.29. The van der Waals surface area contributed by atoms with E-state index in [1.54, 1.807) is 0 Å². The Balaban J connectivity index is 2.28. The van der Waals surface area contributed by atoms with Crippen molar-refractivity contribution >= 4 is 15.9 Å². The van der Waals surface area contributed by atoms with Crippen LogP contribution in [0.3, 0.4) is 0 Å². The number of hydrogen-bond donors (Lipinski definition) is 0. The van der Waals surface area contributed by atoms with E-state index in [9.17, 15) is 0 Å². The van der Waals surface area contributed by atoms with Gasteiger partial charge in [-0.3, -0.25) is 0 Å². The second-order valence-electron chi connectivity index (χ2n) is 3.89. The monoisotopic (exact) mass is 273 g/mol. The van der Waals surface area contributed by atoms with Crippen LogP contribution in [0.25, 0.3) is 0 Å². The molecule has 1 heterocycles. The Bertz CT molecular complexity index is 283. The molecule has 0 saturated carbocycles. The summed E-state index contributed by atoms with van der Waals surface area (Å²) in [5.74, 6) is 2.12. The van der Waals surface area contributed by atoms with Crippen molar-refractivity contribution in [2.24, 2.45) is 7.05 Å². The standard InChI is InChI=1S/C11H20BrN3/c1-3-4-5-6-7-8-10-13-14-11(9-12)15(10)2/h3-9H2,1-2H3. The molecule has 1 aromatic rings. The molecule has 0 radical (unpaired) electrons. The highest BCUT2D eigenvalue weighted by atomic mass is 79.9. The van der Waals surface area contributed by atoms with E-state index in [0.29, 0.717) is 0 Å². The lowest BCUT2D eigenvalue weighted by Gasteiger charge is -2.02. The molecule has 0 aromatic carbocycles. The Morgan fingerprint density at radius 3 is 2.33 bits per heavy atom. The minimum atomic E-state index is 0.784. The highest BCUT2D eigenvalue weighted by molar-refractivity contribution is 9.08. The zero-order valence-corrected chi connectivity index (χ0v) is 11.3. The molecule has 0 unspecified atom stereocenters. The fraction of sp³-hybridized carbons (Fsp3) is 0.818. The molecular weight excluding hydrogens is 254 g/mol. The van der Waals surface area contributed by atoms with Crippen LogP contribution < -0.4 is 0 Å². The van der Waals surface area contributed by atoms with Crippen molar-refractivity contribution in [1.29, 1.82) is 0 Å². The third kappa shape index (κ3) is 3.93. The summed E-state index contributed by atoms with van der Waals surface area (Å²) >= 11 is 3.40. The lowest BCUT2D eigenvalue weighted by molar-refractivity contribution is 0.612. The number of aryl methyl sites for hydroxylation is 1. The summed E-state index contributed by atoms with van der Waals surface area (Å²) in [7, 11) is 2.04. The third-order valence-electron chi connectivity index (χ3n) is 2.68. The van der Waals surface area contributed by atoms with Gasteiger partial charge in [0.1, 0.15) is 11.6 Å². The highest BCUT2D eigenvalue weighted by Crippen LogP contribution is 2.09. The molecule has 0 spiro atoms. The topological polar surface area (TPSA) is 30.7 Å². The molecule has 0 atom stereocenters. The van der Waals surface area contributed by atoms with Gasteiger partial charge in [-0.15, -0.1) is 10.2 Å². The van der Waals surface area contributed by atoms with Crippen LogP contribution in [0.1, 0.15) is 50.7 Å². The molecule has 0 bridgehead atoms. The zero-order chi connectivity index (χ0) is 11.1. The summed E-state index contributed by atoms with van der Waals surface area (Å²) in [4.78, 5) is 0. The minimum absolute atomic E-state index is 0.784. The molecule has 0 aliphatic heterocycles. The molecule has 4 heteroatoms. The first-order valence-corrected chi connectivity index (χ1v) is 6.84. The summed E-state index contributed by atoms with van der Waals surface area (Å²) in [5, 5.41) is 9.09. The van der Waals surface area contributed by atoms with Gasteiger partial charge in [0, 0.05) is 13.5 Å². The fourth-order valence-electron chi connectivity index (χ4n) is 1.62. The van der Waals surface area contributed by atoms with Crippen LogP contribution in [-0.4, -0.2) is 14.8 Å². The predicted octanol–water partition coefficient (Wildman–Crippen LogP) is 3.22. The Labute approximate surface area is 100 Å². The Morgan fingerprint density at radius 2 is 1.73 bits per heavy atom. The number of aromatic nitrogens is 3. The lowest BCUT2D eigenvalue weighted by Crippen LogP contribution is -2.01. The van der Waals surface area contributed by atoms with Gasteiger partial charge in [-0.1, -0.05) is 48.5 Å². The summed E-state index contributed by atoms with van der Waals surface area (Å²) in [6, 6.07) is 0. The molecule has 1 rings (SSSR count). The van der Waals surface area contributed by atoms with Crippen molar-refractivity contribution < 1.29 is 0 Å². The van der Waals surface area contributed by atoms with Crippen LogP contribution in [0, 0.1) is 0 Å². The van der Waals surface area contributed by atoms with E-state index in [2.05, 4.69) is 37.6 Å². The number of hydrogen-bond acceptors (Lipinski definition) is 2. The van der Waals surface area contributed by atoms with Crippen LogP contribution in [0.15, 0.2) is 0 Å². The average molecular weight is 274 g/mol. The molecule has 0 aliphatic carbocycles. The molecule has 1 aromatic heterocycles. The molecule has 0 saturated heterocycles. The fourth-order valence-corrected chi connectivity index (χ4v) is 2.11. The van der Waals surface area contributed by atoms with Gasteiger partial charge in [0.15, 0.2) is 0 Å². The van der Waals surface area contributed by atoms with E-state index in [4.69, 9.17) is 0 Å². The summed E-state index contributed by atoms with van der Waals surface area (Å²) in [6.45, 7) is 2.24. The van der Waals surface area contributed by atoms with E-state index in [-0.39, 0.29) is 0 Å². The summed E-state index contributed by atoms with van der Waals surface area (Å²) < 4.78 is 2.09. The Morgan fingerprint density at radius 1 is 1.07 bits per heavy atom. The molecular formula is C11H20BrN3. The van der Waals surface area contributed by atoms with Crippen LogP contribution in [0.5, 0.6) is 0 Å². The highest BCUT2D eigenvalue weighted by Gasteiger charge is 2.06. The number of alkyl halides is 1. The zero-order valence-electron chi connectivity index (χ0n) is 9.67. The second-order valence-corrected chi connectivity index (χ2v) is 4.45. The molecule has 86 valence electrons. The van der Waals surface area contributed by atoms with E-state index in [1.165, 1.54) is 32.1 Å². The van der Waals surface area contributed by atoms with Gasteiger partial charge >= 0.3 is 0 Å². The van der Waals surface area contributed by atoms with Gasteiger partial charge < -0.3 is 4.57 Å². The van der Waals surface area contributed by atoms with Crippen molar-refractivity contribution in [3.63, 3.8) is 0 Å². The van der Waals surface area contributed by atoms with E-state index >= 15 is 0 Å². The van der Waals surface area contributed by atoms with Crippen molar-refractivity contribution in [2.75, 3.05) is 0 Å². The first-order valence-electron chi connectivity index (χ1n) is 5.72. The third-order valence-corrected chi connectivity index (χ3v) is 3.18. The molecule has 15 heavy (non-hydrogen) atoms. The molecule has 3 nitrogen and oxygen atoms in total. The van der Waals surface area contributed by atoms with Crippen molar-refractivity contribution in [1.82, 2.24) is 14.8 Å². The molecule has 0 aliphatic rings. The van der Waals surface area contributed by atoms with Crippen molar-refractivity contribution in [3.8, 4) is 0 Å². The van der Waals surface area contributed by atoms with Gasteiger partial charge in [-0.05, 0) is 6.42 Å². The molecule has 0 fully saturated rings. The van der Waals surface area contributed by atoms with Gasteiger partial charge in [-0.2, -0.15) is 0 Å². The van der Waals surface area contributed by atoms with E-state index in [1.807, 2.05) is 7.05 Å². The maximum absolute atomic E-state index is 4.19. The van der Waals surface area contributed by atoms with Gasteiger partial charge in [0.2, 0.25) is 0 Å². The quantitative estimate of drug-likeness (QED) is 0.564. The lowest BCUT2D eigenvalue weighted by atomic mass is 10.1. The molecule has 0 amide bonds. The van der Waals surface area contributed by atoms with Gasteiger partial charge in [0.05, 0.1) is 5.33 Å². The maximum atomic E-state index is 4.19. The minimum Gasteiger partial charge on any atom is -0.317 e. The van der Waals surface area contributed by atoms with Crippen LogP contribution >= 0.6 is 15.9 Å². The van der Waals surface area contributed by atoms with Gasteiger partial charge in [0.25, 0.3) is 0 Å². The van der Waals surface area contributed by atoms with Crippen LogP contribution in [-0.2, 0) is 18.8 Å². The Hall–Kier alpha value is -0.380. The predicted molar refractivity (Wildman–Crippen MR) is 66.1 cm³/mol. The number of rotatable bonds is 7. The van der Waals surface area contributed by atoms with Crippen molar-refractivity contribution in [2.45, 2.75) is 50.8 Å². The largest absolute Gasteiger partial charge is 0.317 e. The van der Waals surface area contributed by atoms with E-state index in [0.717, 1.165) is 23.4 Å². The van der Waals surface area contributed by atoms with Crippen LogP contribution in [0.2, 0.25) is 0 Å². The van der Waals surface area contributed by atoms with Crippen LogP contribution in [0.4, 0.5) is 0 Å². The smallest absolute Gasteiger partial charge is 0.143 e. The number of nitrogens with zero attached hydrogens (tertiary/aromatic N) is 3. The SMILES string of the molecule is CCCCCCCc1nnc(CBr)n1C. The summed E-state index contributed by atoms with van der Waals surface area (Å²) in [5.41, 5.74) is 0. The van der Waals surface area contributed by atoms with E-state index < -0.39 is 0 Å². The summed E-state index contributed by atoms with van der Waals surface area (Å²) in [6.07, 6.45) is 7.60. The second kappa shape index (κ2) is 6.99. The first kappa shape index (κ1) is 12.7. The number of unbranched alkanes of at least 4 members (excludes halogenated alkanes) is 4. The normalized spacial score (nSPS) is 10.9.